The maximum Gasteiger partial charge on any atom is 0.150 e. The third-order valence-electron chi connectivity index (χ3n) is 3.07. The lowest BCUT2D eigenvalue weighted by molar-refractivity contribution is 0.112. The normalized spacial score (nSPS) is 25.7. The maximum atomic E-state index is 11.5. The maximum absolute atomic E-state index is 11.5. The highest BCUT2D eigenvalue weighted by Crippen LogP contribution is 2.13. The zero-order chi connectivity index (χ0) is 12.3. The van der Waals surface area contributed by atoms with Crippen molar-refractivity contribution in [3.8, 4) is 0 Å². The van der Waals surface area contributed by atoms with Gasteiger partial charge in [-0.1, -0.05) is 18.2 Å². The average Bonchev–Trinajstić information content (AvgIpc) is 2.34. The fourth-order valence-electron chi connectivity index (χ4n) is 2.12. The molecule has 0 saturated carbocycles. The summed E-state index contributed by atoms with van der Waals surface area (Å²) in [6.45, 7) is 4.62. The van der Waals surface area contributed by atoms with Gasteiger partial charge < -0.3 is 0 Å². The average molecular weight is 251 g/mol. The van der Waals surface area contributed by atoms with E-state index >= 15 is 0 Å². The second-order valence-electron chi connectivity index (χ2n) is 4.49. The molecule has 1 aromatic carbocycles. The van der Waals surface area contributed by atoms with Crippen LogP contribution in [0.1, 0.15) is 22.8 Å². The number of carbonyl (C=O) groups is 1. The van der Waals surface area contributed by atoms with E-state index in [0.29, 0.717) is 0 Å². The van der Waals surface area contributed by atoms with Gasteiger partial charge >= 0.3 is 0 Å². The van der Waals surface area contributed by atoms with Crippen LogP contribution in [-0.2, 0) is 17.3 Å². The van der Waals surface area contributed by atoms with Crippen molar-refractivity contribution in [2.24, 2.45) is 0 Å². The first-order valence-electron chi connectivity index (χ1n) is 5.82. The van der Waals surface area contributed by atoms with Gasteiger partial charge in [0.15, 0.2) is 0 Å². The predicted octanol–water partition coefficient (Wildman–Crippen LogP) is 1.45. The van der Waals surface area contributed by atoms with Crippen molar-refractivity contribution in [2.45, 2.75) is 18.7 Å². The summed E-state index contributed by atoms with van der Waals surface area (Å²) >= 11 is 0. The van der Waals surface area contributed by atoms with E-state index in [9.17, 15) is 9.00 Å². The molecular formula is C13H17NO2S. The van der Waals surface area contributed by atoms with E-state index < -0.39 is 10.8 Å². The van der Waals surface area contributed by atoms with E-state index in [1.807, 2.05) is 31.2 Å². The minimum Gasteiger partial charge on any atom is -0.298 e. The van der Waals surface area contributed by atoms with Crippen LogP contribution in [0.3, 0.4) is 0 Å². The smallest absolute Gasteiger partial charge is 0.150 e. The largest absolute Gasteiger partial charge is 0.298 e. The molecule has 1 aliphatic rings. The second kappa shape index (κ2) is 5.56. The Morgan fingerprint density at radius 1 is 1.53 bits per heavy atom. The Bertz CT molecular complexity index is 433. The quantitative estimate of drug-likeness (QED) is 0.763. The van der Waals surface area contributed by atoms with E-state index in [4.69, 9.17) is 0 Å². The summed E-state index contributed by atoms with van der Waals surface area (Å²) in [6.07, 6.45) is 0.872. The van der Waals surface area contributed by atoms with Gasteiger partial charge in [-0.25, -0.2) is 0 Å². The molecule has 2 atom stereocenters. The number of carbonyl (C=O) groups excluding carboxylic acids is 1. The number of nitrogens with zero attached hydrogens (tertiary/aromatic N) is 1. The lowest BCUT2D eigenvalue weighted by atomic mass is 10.1. The zero-order valence-corrected chi connectivity index (χ0v) is 10.8. The third kappa shape index (κ3) is 3.23. The van der Waals surface area contributed by atoms with Gasteiger partial charge in [0, 0.05) is 47.0 Å². The van der Waals surface area contributed by atoms with Crippen LogP contribution in [0.5, 0.6) is 0 Å². The molecule has 1 saturated heterocycles. The number of aldehydes is 1. The second-order valence-corrected chi connectivity index (χ2v) is 6.47. The van der Waals surface area contributed by atoms with Gasteiger partial charge in [-0.2, -0.15) is 0 Å². The highest BCUT2D eigenvalue weighted by atomic mass is 32.2. The van der Waals surface area contributed by atoms with Crippen LogP contribution in [0, 0.1) is 0 Å². The van der Waals surface area contributed by atoms with Crippen LogP contribution in [-0.4, -0.2) is 39.5 Å². The molecule has 3 nitrogen and oxygen atoms in total. The number of hydrogen-bond acceptors (Lipinski definition) is 3. The molecule has 0 amide bonds. The van der Waals surface area contributed by atoms with Crippen LogP contribution in [0.15, 0.2) is 24.3 Å². The lowest BCUT2D eigenvalue weighted by Crippen LogP contribution is -2.42. The fourth-order valence-corrected chi connectivity index (χ4v) is 3.34. The molecule has 1 aliphatic heterocycles. The van der Waals surface area contributed by atoms with Gasteiger partial charge in [0.2, 0.25) is 0 Å². The SMILES string of the molecule is CC1CN(Cc2cccc(C=O)c2)CCS1=O. The van der Waals surface area contributed by atoms with Gasteiger partial charge in [0.1, 0.15) is 6.29 Å². The molecule has 0 aromatic heterocycles. The van der Waals surface area contributed by atoms with E-state index in [2.05, 4.69) is 4.90 Å². The van der Waals surface area contributed by atoms with Crippen LogP contribution in [0.2, 0.25) is 0 Å². The van der Waals surface area contributed by atoms with E-state index in [1.165, 1.54) is 0 Å². The van der Waals surface area contributed by atoms with Crippen molar-refractivity contribution in [3.63, 3.8) is 0 Å². The third-order valence-corrected chi connectivity index (χ3v) is 4.70. The van der Waals surface area contributed by atoms with Crippen molar-refractivity contribution < 1.29 is 9.00 Å². The molecule has 0 aliphatic carbocycles. The molecule has 0 radical (unpaired) electrons. The fraction of sp³-hybridized carbons (Fsp3) is 0.462. The Balaban J connectivity index is 2.00. The Labute approximate surface area is 104 Å². The monoisotopic (exact) mass is 251 g/mol. The Kier molecular flexibility index (Phi) is 4.07. The van der Waals surface area contributed by atoms with Crippen molar-refractivity contribution in [2.75, 3.05) is 18.8 Å². The van der Waals surface area contributed by atoms with Gasteiger partial charge in [-0.3, -0.25) is 13.9 Å². The summed E-state index contributed by atoms with van der Waals surface area (Å²) in [6, 6.07) is 7.67. The number of hydrogen-bond donors (Lipinski definition) is 0. The van der Waals surface area contributed by atoms with Crippen LogP contribution in [0.4, 0.5) is 0 Å². The summed E-state index contributed by atoms with van der Waals surface area (Å²) in [5.74, 6) is 0.758. The molecule has 4 heteroatoms. The zero-order valence-electron chi connectivity index (χ0n) is 9.96. The topological polar surface area (TPSA) is 37.4 Å². The molecule has 2 unspecified atom stereocenters. The first kappa shape index (κ1) is 12.5. The van der Waals surface area contributed by atoms with Crippen LogP contribution < -0.4 is 0 Å². The number of benzene rings is 1. The molecule has 0 spiro atoms. The van der Waals surface area contributed by atoms with Crippen molar-refractivity contribution >= 4 is 17.1 Å². The van der Waals surface area contributed by atoms with Gasteiger partial charge in [-0.05, 0) is 18.6 Å². The summed E-state index contributed by atoms with van der Waals surface area (Å²) in [7, 11) is -0.667. The molecule has 1 heterocycles. The van der Waals surface area contributed by atoms with Crippen molar-refractivity contribution in [1.29, 1.82) is 0 Å². The Morgan fingerprint density at radius 2 is 2.35 bits per heavy atom. The van der Waals surface area contributed by atoms with E-state index in [0.717, 1.165) is 42.8 Å². The minimum atomic E-state index is -0.667. The van der Waals surface area contributed by atoms with Crippen molar-refractivity contribution in [1.82, 2.24) is 4.90 Å². The van der Waals surface area contributed by atoms with Gasteiger partial charge in [-0.15, -0.1) is 0 Å². The summed E-state index contributed by atoms with van der Waals surface area (Å²) in [4.78, 5) is 13.0. The molecule has 92 valence electrons. The first-order valence-corrected chi connectivity index (χ1v) is 7.21. The van der Waals surface area contributed by atoms with Crippen LogP contribution >= 0.6 is 0 Å². The molecule has 1 aromatic rings. The molecule has 0 N–H and O–H groups in total. The summed E-state index contributed by atoms with van der Waals surface area (Å²) < 4.78 is 11.5. The minimum absolute atomic E-state index is 0.248. The van der Waals surface area contributed by atoms with Gasteiger partial charge in [0.25, 0.3) is 0 Å². The summed E-state index contributed by atoms with van der Waals surface area (Å²) in [5.41, 5.74) is 1.87. The highest BCUT2D eigenvalue weighted by molar-refractivity contribution is 7.85. The lowest BCUT2D eigenvalue weighted by Gasteiger charge is -2.30. The molecule has 1 fully saturated rings. The standard InChI is InChI=1S/C13H17NO2S/c1-11-8-14(5-6-17(11)16)9-12-3-2-4-13(7-12)10-15/h2-4,7,10-11H,5-6,8-9H2,1H3. The predicted molar refractivity (Wildman–Crippen MR) is 69.6 cm³/mol. The molecular weight excluding hydrogens is 234 g/mol. The first-order chi connectivity index (χ1) is 8.19. The summed E-state index contributed by atoms with van der Waals surface area (Å²) in [5, 5.41) is 0.248. The Morgan fingerprint density at radius 3 is 3.06 bits per heavy atom. The molecule has 17 heavy (non-hydrogen) atoms. The van der Waals surface area contributed by atoms with E-state index in [1.54, 1.807) is 0 Å². The van der Waals surface area contributed by atoms with E-state index in [-0.39, 0.29) is 5.25 Å². The van der Waals surface area contributed by atoms with Crippen LogP contribution in [0.25, 0.3) is 0 Å². The molecule has 2 rings (SSSR count). The van der Waals surface area contributed by atoms with Crippen molar-refractivity contribution in [3.05, 3.63) is 35.4 Å². The number of rotatable bonds is 3. The van der Waals surface area contributed by atoms with Gasteiger partial charge in [0.05, 0.1) is 0 Å². The molecule has 0 bridgehead atoms. The Hall–Kier alpha value is -1.00. The highest BCUT2D eigenvalue weighted by Gasteiger charge is 2.22.